The fraction of sp³-hybridized carbons (Fsp3) is 0.625. The quantitative estimate of drug-likeness (QED) is 0.880. The van der Waals surface area contributed by atoms with Gasteiger partial charge in [-0.2, -0.15) is 0 Å². The van der Waals surface area contributed by atoms with Crippen LogP contribution >= 0.6 is 15.9 Å². The van der Waals surface area contributed by atoms with E-state index in [1.165, 1.54) is 0 Å². The Morgan fingerprint density at radius 3 is 2.65 bits per heavy atom. The van der Waals surface area contributed by atoms with Gasteiger partial charge in [0.1, 0.15) is 0 Å². The number of aliphatic hydroxyl groups is 1. The van der Waals surface area contributed by atoms with Crippen LogP contribution in [-0.4, -0.2) is 18.3 Å². The third-order valence-electron chi connectivity index (χ3n) is 3.38. The smallest absolute Gasteiger partial charge is 0.175 e. The average molecular weight is 343 g/mol. The van der Waals surface area contributed by atoms with Gasteiger partial charge in [0.2, 0.25) is 0 Å². The van der Waals surface area contributed by atoms with Crippen LogP contribution in [0.15, 0.2) is 16.6 Å². The van der Waals surface area contributed by atoms with Crippen molar-refractivity contribution in [3.8, 4) is 11.5 Å². The molecule has 0 spiro atoms. The summed E-state index contributed by atoms with van der Waals surface area (Å²) in [6.45, 7) is 7.87. The Kier molecular flexibility index (Phi) is 4.97. The van der Waals surface area contributed by atoms with Gasteiger partial charge in [-0.05, 0) is 51.9 Å². The number of benzene rings is 1. The van der Waals surface area contributed by atoms with Gasteiger partial charge in [0.25, 0.3) is 0 Å². The molecule has 20 heavy (non-hydrogen) atoms. The Morgan fingerprint density at radius 1 is 1.25 bits per heavy atom. The highest BCUT2D eigenvalue weighted by molar-refractivity contribution is 9.10. The van der Waals surface area contributed by atoms with Crippen LogP contribution in [0.3, 0.4) is 0 Å². The van der Waals surface area contributed by atoms with Crippen LogP contribution in [0.4, 0.5) is 0 Å². The molecule has 112 valence electrons. The van der Waals surface area contributed by atoms with Crippen LogP contribution in [0.5, 0.6) is 11.5 Å². The molecule has 0 aromatic heterocycles. The summed E-state index contributed by atoms with van der Waals surface area (Å²) in [6, 6.07) is 3.83. The Hall–Kier alpha value is -0.740. The van der Waals surface area contributed by atoms with E-state index in [4.69, 9.17) is 9.47 Å². The highest BCUT2D eigenvalue weighted by Crippen LogP contribution is 2.40. The van der Waals surface area contributed by atoms with E-state index < -0.39 is 6.10 Å². The van der Waals surface area contributed by atoms with E-state index in [-0.39, 0.29) is 5.41 Å². The summed E-state index contributed by atoms with van der Waals surface area (Å²) in [5.74, 6) is 1.47. The van der Waals surface area contributed by atoms with Crippen molar-refractivity contribution >= 4 is 15.9 Å². The molecule has 1 aromatic carbocycles. The lowest BCUT2D eigenvalue weighted by atomic mass is 9.88. The number of fused-ring (bicyclic) bond motifs is 1. The van der Waals surface area contributed by atoms with Crippen LogP contribution < -0.4 is 9.47 Å². The van der Waals surface area contributed by atoms with E-state index in [9.17, 15) is 5.11 Å². The molecule has 2 rings (SSSR count). The zero-order chi connectivity index (χ0) is 14.8. The topological polar surface area (TPSA) is 38.7 Å². The first-order chi connectivity index (χ1) is 9.37. The average Bonchev–Trinajstić information content (AvgIpc) is 2.60. The third-order valence-corrected chi connectivity index (χ3v) is 3.97. The summed E-state index contributed by atoms with van der Waals surface area (Å²) >= 11 is 3.51. The third kappa shape index (κ3) is 4.13. The second-order valence-corrected chi connectivity index (χ2v) is 7.35. The van der Waals surface area contributed by atoms with Gasteiger partial charge < -0.3 is 14.6 Å². The van der Waals surface area contributed by atoms with E-state index in [2.05, 4.69) is 36.7 Å². The maximum atomic E-state index is 10.4. The predicted octanol–water partition coefficient (Wildman–Crippen LogP) is 4.47. The molecule has 0 fully saturated rings. The van der Waals surface area contributed by atoms with E-state index >= 15 is 0 Å². The number of halogens is 1. The predicted molar refractivity (Wildman–Crippen MR) is 83.4 cm³/mol. The normalized spacial score (nSPS) is 16.6. The van der Waals surface area contributed by atoms with Gasteiger partial charge in [0.15, 0.2) is 11.5 Å². The molecule has 0 aliphatic carbocycles. The SMILES string of the molecule is CC(C)(C)CCC(O)c1cc(Br)c2c(c1)OCCCO2. The van der Waals surface area contributed by atoms with Crippen LogP contribution in [0, 0.1) is 5.41 Å². The molecule has 3 nitrogen and oxygen atoms in total. The standard InChI is InChI=1S/C16H23BrO3/c1-16(2,3)6-5-13(18)11-9-12(17)15-14(10-11)19-7-4-8-20-15/h9-10,13,18H,4-8H2,1-3H3. The largest absolute Gasteiger partial charge is 0.490 e. The molecule has 1 aliphatic heterocycles. The van der Waals surface area contributed by atoms with Crippen molar-refractivity contribution in [1.82, 2.24) is 0 Å². The van der Waals surface area contributed by atoms with E-state index in [1.54, 1.807) is 0 Å². The lowest BCUT2D eigenvalue weighted by Crippen LogP contribution is -2.08. The Bertz CT molecular complexity index is 466. The second kappa shape index (κ2) is 6.35. The molecule has 0 bridgehead atoms. The molecule has 0 radical (unpaired) electrons. The zero-order valence-electron chi connectivity index (χ0n) is 12.4. The number of ether oxygens (including phenoxy) is 2. The highest BCUT2D eigenvalue weighted by Gasteiger charge is 2.20. The first kappa shape index (κ1) is 15.6. The van der Waals surface area contributed by atoms with Crippen molar-refractivity contribution in [2.24, 2.45) is 5.41 Å². The molecule has 0 amide bonds. The summed E-state index contributed by atoms with van der Waals surface area (Å²) < 4.78 is 12.2. The fourth-order valence-electron chi connectivity index (χ4n) is 2.18. The number of rotatable bonds is 3. The van der Waals surface area contributed by atoms with Crippen LogP contribution in [0.1, 0.15) is 51.7 Å². The van der Waals surface area contributed by atoms with Gasteiger partial charge in [-0.25, -0.2) is 0 Å². The van der Waals surface area contributed by atoms with Crippen LogP contribution in [0.2, 0.25) is 0 Å². The monoisotopic (exact) mass is 342 g/mol. The first-order valence-electron chi connectivity index (χ1n) is 7.14. The summed E-state index contributed by atoms with van der Waals surface area (Å²) in [6.07, 6.45) is 2.13. The van der Waals surface area contributed by atoms with Crippen molar-refractivity contribution in [2.45, 2.75) is 46.1 Å². The number of hydrogen-bond donors (Lipinski definition) is 1. The lowest BCUT2D eigenvalue weighted by molar-refractivity contribution is 0.147. The summed E-state index contributed by atoms with van der Waals surface area (Å²) in [5, 5.41) is 10.4. The van der Waals surface area contributed by atoms with Gasteiger partial charge in [-0.3, -0.25) is 0 Å². The van der Waals surface area contributed by atoms with Crippen molar-refractivity contribution in [3.05, 3.63) is 22.2 Å². The van der Waals surface area contributed by atoms with E-state index in [0.29, 0.717) is 13.2 Å². The Labute approximate surface area is 129 Å². The second-order valence-electron chi connectivity index (χ2n) is 6.50. The molecule has 1 aliphatic rings. The van der Waals surface area contributed by atoms with Crippen LogP contribution in [0.25, 0.3) is 0 Å². The summed E-state index contributed by atoms with van der Waals surface area (Å²) in [4.78, 5) is 0. The van der Waals surface area contributed by atoms with Crippen molar-refractivity contribution < 1.29 is 14.6 Å². The zero-order valence-corrected chi connectivity index (χ0v) is 14.0. The van der Waals surface area contributed by atoms with Crippen molar-refractivity contribution in [3.63, 3.8) is 0 Å². The summed E-state index contributed by atoms with van der Waals surface area (Å²) in [5.41, 5.74) is 1.11. The summed E-state index contributed by atoms with van der Waals surface area (Å²) in [7, 11) is 0. The Morgan fingerprint density at radius 2 is 1.95 bits per heavy atom. The van der Waals surface area contributed by atoms with Gasteiger partial charge >= 0.3 is 0 Å². The molecular formula is C16H23BrO3. The minimum absolute atomic E-state index is 0.226. The van der Waals surface area contributed by atoms with Crippen molar-refractivity contribution in [1.29, 1.82) is 0 Å². The molecule has 1 aromatic rings. The van der Waals surface area contributed by atoms with E-state index in [1.807, 2.05) is 12.1 Å². The molecule has 1 N–H and O–H groups in total. The molecule has 1 atom stereocenters. The number of aliphatic hydroxyl groups excluding tert-OH is 1. The molecule has 0 saturated carbocycles. The van der Waals surface area contributed by atoms with Crippen molar-refractivity contribution in [2.75, 3.05) is 13.2 Å². The molecular weight excluding hydrogens is 320 g/mol. The number of hydrogen-bond acceptors (Lipinski definition) is 3. The van der Waals surface area contributed by atoms with Crippen LogP contribution in [-0.2, 0) is 0 Å². The Balaban J connectivity index is 2.16. The lowest BCUT2D eigenvalue weighted by Gasteiger charge is -2.21. The first-order valence-corrected chi connectivity index (χ1v) is 7.93. The van der Waals surface area contributed by atoms with Gasteiger partial charge in [0, 0.05) is 6.42 Å². The minimum atomic E-state index is -0.470. The minimum Gasteiger partial charge on any atom is -0.490 e. The van der Waals surface area contributed by atoms with Gasteiger partial charge in [0.05, 0.1) is 23.8 Å². The fourth-order valence-corrected chi connectivity index (χ4v) is 2.75. The highest BCUT2D eigenvalue weighted by atomic mass is 79.9. The molecule has 1 heterocycles. The molecule has 0 saturated heterocycles. The molecule has 4 heteroatoms. The maximum Gasteiger partial charge on any atom is 0.175 e. The maximum absolute atomic E-state index is 10.4. The molecule has 1 unspecified atom stereocenters. The van der Waals surface area contributed by atoms with Gasteiger partial charge in [-0.1, -0.05) is 20.8 Å². The van der Waals surface area contributed by atoms with E-state index in [0.717, 1.165) is 40.8 Å². The van der Waals surface area contributed by atoms with Gasteiger partial charge in [-0.15, -0.1) is 0 Å².